The lowest BCUT2D eigenvalue weighted by molar-refractivity contribution is -0.174. The van der Waals surface area contributed by atoms with E-state index in [2.05, 4.69) is 5.32 Å². The molecule has 0 radical (unpaired) electrons. The molecule has 1 amide bonds. The molecule has 0 unspecified atom stereocenters. The highest BCUT2D eigenvalue weighted by atomic mass is 16.6. The molecule has 1 atom stereocenters. The molecular weight excluding hydrogens is 574 g/mol. The molecule has 0 bridgehead atoms. The Morgan fingerprint density at radius 2 is 1.16 bits per heavy atom. The summed E-state index contributed by atoms with van der Waals surface area (Å²) in [5, 5.41) is 12.3. The fraction of sp³-hybridized carbons (Fsp3) is 0.389. The number of ether oxygens (including phenoxy) is 3. The van der Waals surface area contributed by atoms with Gasteiger partial charge in [-0.2, -0.15) is 0 Å². The van der Waals surface area contributed by atoms with E-state index in [1.807, 2.05) is 48.5 Å². The van der Waals surface area contributed by atoms with E-state index in [0.717, 1.165) is 22.3 Å². The van der Waals surface area contributed by atoms with Crippen LogP contribution in [-0.4, -0.2) is 53.0 Å². The number of hydrogen-bond acceptors (Lipinski definition) is 7. The van der Waals surface area contributed by atoms with Gasteiger partial charge in [0.05, 0.1) is 0 Å². The lowest BCUT2D eigenvalue weighted by Gasteiger charge is -2.26. The maximum atomic E-state index is 12.9. The fourth-order valence-corrected chi connectivity index (χ4v) is 5.27. The van der Waals surface area contributed by atoms with Gasteiger partial charge in [-0.3, -0.25) is 9.59 Å². The molecule has 0 fully saturated rings. The van der Waals surface area contributed by atoms with Gasteiger partial charge < -0.3 is 24.6 Å². The quantitative estimate of drug-likeness (QED) is 0.160. The highest BCUT2D eigenvalue weighted by Crippen LogP contribution is 2.44. The third kappa shape index (κ3) is 8.94. The smallest absolute Gasteiger partial charge is 0.407 e. The minimum Gasteiger partial charge on any atom is -0.480 e. The van der Waals surface area contributed by atoms with Gasteiger partial charge in [0, 0.05) is 12.3 Å². The van der Waals surface area contributed by atoms with Crippen LogP contribution in [0.2, 0.25) is 0 Å². The van der Waals surface area contributed by atoms with E-state index in [1.165, 1.54) is 0 Å². The molecular formula is C36H41NO8. The van der Waals surface area contributed by atoms with Crippen molar-refractivity contribution in [1.29, 1.82) is 0 Å². The molecule has 9 heteroatoms. The summed E-state index contributed by atoms with van der Waals surface area (Å²) in [4.78, 5) is 50.6. The van der Waals surface area contributed by atoms with Crippen molar-refractivity contribution in [2.24, 2.45) is 5.92 Å². The second-order valence-corrected chi connectivity index (χ2v) is 13.2. The van der Waals surface area contributed by atoms with Crippen LogP contribution in [0.5, 0.6) is 0 Å². The molecule has 2 N–H and O–H groups in total. The van der Waals surface area contributed by atoms with Gasteiger partial charge in [0.2, 0.25) is 0 Å². The zero-order chi connectivity index (χ0) is 32.9. The molecule has 9 nitrogen and oxygen atoms in total. The third-order valence-corrected chi connectivity index (χ3v) is 7.22. The van der Waals surface area contributed by atoms with Gasteiger partial charge in [0.25, 0.3) is 0 Å². The summed E-state index contributed by atoms with van der Waals surface area (Å²) in [5.41, 5.74) is 4.03. The van der Waals surface area contributed by atoms with Crippen LogP contribution in [0.15, 0.2) is 72.8 Å². The predicted octanol–water partition coefficient (Wildman–Crippen LogP) is 6.06. The summed E-state index contributed by atoms with van der Waals surface area (Å²) >= 11 is 0. The Bertz CT molecular complexity index is 1470. The number of amides is 1. The number of alkyl carbamates (subject to hydrolysis) is 1. The number of esters is 2. The Labute approximate surface area is 263 Å². The zero-order valence-electron chi connectivity index (χ0n) is 26.6. The molecule has 0 aromatic heterocycles. The minimum atomic E-state index is -1.23. The average Bonchev–Trinajstić information content (AvgIpc) is 3.27. The lowest BCUT2D eigenvalue weighted by atomic mass is 9.96. The Balaban J connectivity index is 1.38. The fourth-order valence-electron chi connectivity index (χ4n) is 5.27. The van der Waals surface area contributed by atoms with Crippen molar-refractivity contribution < 1.29 is 38.5 Å². The molecule has 0 saturated heterocycles. The summed E-state index contributed by atoms with van der Waals surface area (Å²) < 4.78 is 16.5. The van der Waals surface area contributed by atoms with Crippen molar-refractivity contribution in [3.63, 3.8) is 0 Å². The first kappa shape index (κ1) is 33.2. The number of fused-ring (bicyclic) bond motifs is 3. The first-order valence-electron chi connectivity index (χ1n) is 15.0. The van der Waals surface area contributed by atoms with Gasteiger partial charge in [0.1, 0.15) is 23.9 Å². The van der Waals surface area contributed by atoms with E-state index < -0.39 is 47.2 Å². The summed E-state index contributed by atoms with van der Waals surface area (Å²) in [6.07, 6.45) is -0.773. The van der Waals surface area contributed by atoms with Gasteiger partial charge in [-0.25, -0.2) is 9.59 Å². The van der Waals surface area contributed by atoms with Crippen molar-refractivity contribution in [1.82, 2.24) is 5.32 Å². The Kier molecular flexibility index (Phi) is 10.0. The maximum absolute atomic E-state index is 12.9. The van der Waals surface area contributed by atoms with E-state index in [9.17, 15) is 24.3 Å². The van der Waals surface area contributed by atoms with Crippen molar-refractivity contribution in [2.75, 3.05) is 6.61 Å². The molecule has 1 aliphatic rings. The topological polar surface area (TPSA) is 128 Å². The van der Waals surface area contributed by atoms with Crippen LogP contribution < -0.4 is 5.32 Å². The molecule has 238 valence electrons. The number of carboxylic acid groups (broad SMARTS) is 1. The molecule has 3 aromatic carbocycles. The van der Waals surface area contributed by atoms with Gasteiger partial charge in [-0.1, -0.05) is 72.8 Å². The predicted molar refractivity (Wildman–Crippen MR) is 169 cm³/mol. The Hall–Kier alpha value is -4.66. The van der Waals surface area contributed by atoms with E-state index in [4.69, 9.17) is 14.2 Å². The summed E-state index contributed by atoms with van der Waals surface area (Å²) in [7, 11) is 0. The Morgan fingerprint density at radius 3 is 1.60 bits per heavy atom. The number of rotatable bonds is 10. The van der Waals surface area contributed by atoms with Crippen LogP contribution in [0.3, 0.4) is 0 Å². The largest absolute Gasteiger partial charge is 0.480 e. The standard InChI is InChI=1S/C36H41NO8/c1-35(2,3)44-32(40)28(33(41)45-36(4,5)6)19-22-15-17-23(18-16-22)20-30(31(38)39)37-34(42)43-21-29-26-13-9-7-11-24(26)25-12-8-10-14-27(25)29/h7-18,28-30H,19-21H2,1-6H3,(H,37,42)(H,38,39)/t30-/m0/s1. The molecule has 0 spiro atoms. The monoisotopic (exact) mass is 615 g/mol. The van der Waals surface area contributed by atoms with Gasteiger partial charge in [-0.05, 0) is 81.3 Å². The number of nitrogens with one attached hydrogen (secondary N) is 1. The number of hydrogen-bond donors (Lipinski definition) is 2. The summed E-state index contributed by atoms with van der Waals surface area (Å²) in [6.45, 7) is 10.4. The first-order valence-corrected chi connectivity index (χ1v) is 15.0. The summed E-state index contributed by atoms with van der Waals surface area (Å²) in [6, 6.07) is 21.5. The number of aliphatic carboxylic acids is 1. The number of carboxylic acids is 1. The molecule has 0 saturated carbocycles. The van der Waals surface area contributed by atoms with Gasteiger partial charge in [-0.15, -0.1) is 0 Å². The second-order valence-electron chi connectivity index (χ2n) is 13.2. The van der Waals surface area contributed by atoms with Crippen LogP contribution in [0.25, 0.3) is 11.1 Å². The van der Waals surface area contributed by atoms with Gasteiger partial charge >= 0.3 is 24.0 Å². The molecule has 45 heavy (non-hydrogen) atoms. The zero-order valence-corrected chi connectivity index (χ0v) is 26.6. The summed E-state index contributed by atoms with van der Waals surface area (Å²) in [5.74, 6) is -3.89. The lowest BCUT2D eigenvalue weighted by Crippen LogP contribution is -2.42. The van der Waals surface area contributed by atoms with Crippen LogP contribution in [0.1, 0.15) is 69.7 Å². The SMILES string of the molecule is CC(C)(C)OC(=O)C(Cc1ccc(C[C@H](NC(=O)OCC2c3ccccc3-c3ccccc32)C(=O)O)cc1)C(=O)OC(C)(C)C. The van der Waals surface area contributed by atoms with Crippen LogP contribution in [0, 0.1) is 5.92 Å². The maximum Gasteiger partial charge on any atom is 0.407 e. The normalized spacial score (nSPS) is 13.4. The first-order chi connectivity index (χ1) is 21.1. The van der Waals surface area contributed by atoms with E-state index >= 15 is 0 Å². The third-order valence-electron chi connectivity index (χ3n) is 7.22. The van der Waals surface area contributed by atoms with E-state index in [1.54, 1.807) is 65.8 Å². The van der Waals surface area contributed by atoms with Crippen molar-refractivity contribution in [2.45, 2.75) is 77.5 Å². The van der Waals surface area contributed by atoms with Crippen LogP contribution in [0.4, 0.5) is 4.79 Å². The highest BCUT2D eigenvalue weighted by Gasteiger charge is 2.35. The van der Waals surface area contributed by atoms with E-state index in [-0.39, 0.29) is 25.4 Å². The van der Waals surface area contributed by atoms with E-state index in [0.29, 0.717) is 11.1 Å². The molecule has 3 aromatic rings. The van der Waals surface area contributed by atoms with Gasteiger partial charge in [0.15, 0.2) is 5.92 Å². The van der Waals surface area contributed by atoms with Crippen molar-refractivity contribution >= 4 is 24.0 Å². The Morgan fingerprint density at radius 1 is 0.711 bits per heavy atom. The average molecular weight is 616 g/mol. The van der Waals surface area contributed by atoms with Crippen molar-refractivity contribution in [3.8, 4) is 11.1 Å². The number of benzene rings is 3. The van der Waals surface area contributed by atoms with Crippen molar-refractivity contribution in [3.05, 3.63) is 95.1 Å². The second kappa shape index (κ2) is 13.5. The number of carbonyl (C=O) groups excluding carboxylic acids is 3. The molecule has 1 aliphatic carbocycles. The molecule has 4 rings (SSSR count). The van der Waals surface area contributed by atoms with Crippen LogP contribution >= 0.6 is 0 Å². The van der Waals surface area contributed by atoms with Crippen LogP contribution in [-0.2, 0) is 41.4 Å². The molecule has 0 heterocycles. The highest BCUT2D eigenvalue weighted by molar-refractivity contribution is 5.95. The number of carbonyl (C=O) groups is 4. The minimum absolute atomic E-state index is 0.00136. The molecule has 0 aliphatic heterocycles.